The van der Waals surface area contributed by atoms with Crippen molar-refractivity contribution in [2.24, 2.45) is 0 Å². The van der Waals surface area contributed by atoms with Crippen molar-refractivity contribution < 1.29 is 60.2 Å². The number of benzene rings is 1. The maximum atomic E-state index is 13.7. The second kappa shape index (κ2) is 21.5. The number of hydrogen-bond acceptors (Lipinski definition) is 13. The number of aliphatic hydroxyl groups excluding tert-OH is 1. The topological polar surface area (TPSA) is 155 Å². The molecule has 338 valence electrons. The Morgan fingerprint density at radius 2 is 1.02 bits per heavy atom. The van der Waals surface area contributed by atoms with Crippen molar-refractivity contribution in [2.45, 2.75) is 207 Å². The summed E-state index contributed by atoms with van der Waals surface area (Å²) in [6.07, 6.45) is -2.14. The lowest BCUT2D eigenvalue weighted by Gasteiger charge is -2.39. The van der Waals surface area contributed by atoms with Gasteiger partial charge in [-0.3, -0.25) is 9.13 Å². The van der Waals surface area contributed by atoms with Gasteiger partial charge in [-0.25, -0.2) is 4.79 Å². The number of hydrogen-bond donors (Lipinski definition) is 1. The number of ether oxygens (including phenoxy) is 3. The van der Waals surface area contributed by atoms with Crippen molar-refractivity contribution in [1.82, 2.24) is 0 Å². The average molecular weight is 897 g/mol. The lowest BCUT2D eigenvalue weighted by atomic mass is 10.2. The fraction of sp³-hybridized carbons (Fsp3) is 0.829. The smallest absolute Gasteiger partial charge is 0.359 e. The monoisotopic (exact) mass is 896 g/mol. The van der Waals surface area contributed by atoms with Crippen molar-refractivity contribution in [1.29, 1.82) is 0 Å². The molecule has 0 amide bonds. The highest BCUT2D eigenvalue weighted by molar-refractivity contribution is 7.54. The highest BCUT2D eigenvalue weighted by Crippen LogP contribution is 2.61. The normalized spacial score (nSPS) is 23.8. The lowest BCUT2D eigenvalue weighted by molar-refractivity contribution is -0.0242. The SMILES string of the molecule is CC(C)OP(=O)(OC(C)C)[C@H]1C[C@H](O[Si](C)(C)C(C)(C)C)[C@@H](CO)O1.CC(C)OP(=O)(OC(C)C)[C@H]1C[C@H](O[Si](C)(C)C(C)(C)C)[C@@H](COC(=O)c2ccccc2)O1. The molecule has 2 fully saturated rings. The Balaban J connectivity index is 0.000000416. The van der Waals surface area contributed by atoms with Gasteiger partial charge in [0.15, 0.2) is 28.3 Å². The molecule has 2 aliphatic heterocycles. The summed E-state index contributed by atoms with van der Waals surface area (Å²) < 4.78 is 80.6. The number of esters is 1. The predicted octanol–water partition coefficient (Wildman–Crippen LogP) is 10.9. The molecule has 1 N–H and O–H groups in total. The molecule has 17 heteroatoms. The van der Waals surface area contributed by atoms with E-state index in [-0.39, 0.29) is 59.9 Å². The largest absolute Gasteiger partial charge is 0.459 e. The van der Waals surface area contributed by atoms with Gasteiger partial charge in [0, 0.05) is 12.8 Å². The Bertz CT molecular complexity index is 1480. The number of carbonyl (C=O) groups excluding carboxylic acids is 1. The molecule has 0 aliphatic carbocycles. The molecule has 0 unspecified atom stereocenters. The van der Waals surface area contributed by atoms with Gasteiger partial charge < -0.3 is 46.3 Å². The molecule has 6 atom stereocenters. The van der Waals surface area contributed by atoms with E-state index in [1.165, 1.54) is 0 Å². The summed E-state index contributed by atoms with van der Waals surface area (Å²) in [7, 11) is -11.3. The molecular weight excluding hydrogens is 819 g/mol. The molecule has 3 rings (SSSR count). The van der Waals surface area contributed by atoms with Gasteiger partial charge >= 0.3 is 21.2 Å². The molecule has 2 heterocycles. The van der Waals surface area contributed by atoms with E-state index >= 15 is 0 Å². The average Bonchev–Trinajstić information content (AvgIpc) is 3.65. The Morgan fingerprint density at radius 3 is 1.34 bits per heavy atom. The van der Waals surface area contributed by atoms with Crippen molar-refractivity contribution in [3.05, 3.63) is 35.9 Å². The van der Waals surface area contributed by atoms with E-state index < -0.39 is 61.7 Å². The third kappa shape index (κ3) is 15.5. The third-order valence-corrected chi connectivity index (χ3v) is 24.5. The molecule has 1 aromatic carbocycles. The number of aliphatic hydroxyl groups is 1. The van der Waals surface area contributed by atoms with Crippen molar-refractivity contribution >= 4 is 37.8 Å². The van der Waals surface area contributed by atoms with Gasteiger partial charge in [-0.05, 0) is 104 Å². The zero-order valence-corrected chi connectivity index (χ0v) is 42.5. The van der Waals surface area contributed by atoms with Crippen LogP contribution in [0.4, 0.5) is 0 Å². The van der Waals surface area contributed by atoms with Gasteiger partial charge in [-0.2, -0.15) is 0 Å². The molecule has 0 aromatic heterocycles. The minimum atomic E-state index is -3.59. The van der Waals surface area contributed by atoms with Gasteiger partial charge in [0.25, 0.3) is 0 Å². The van der Waals surface area contributed by atoms with Crippen LogP contribution < -0.4 is 0 Å². The van der Waals surface area contributed by atoms with Crippen LogP contribution in [-0.4, -0.2) is 101 Å². The van der Waals surface area contributed by atoms with Crippen LogP contribution in [0.15, 0.2) is 30.3 Å². The summed E-state index contributed by atoms with van der Waals surface area (Å²) >= 11 is 0. The van der Waals surface area contributed by atoms with Crippen molar-refractivity contribution in [3.63, 3.8) is 0 Å². The second-order valence-corrected chi connectivity index (χ2v) is 33.1. The third-order valence-electron chi connectivity index (χ3n) is 10.6. The molecule has 2 aliphatic rings. The molecule has 0 bridgehead atoms. The Hall–Kier alpha value is -0.776. The highest BCUT2D eigenvalue weighted by Gasteiger charge is 2.53. The van der Waals surface area contributed by atoms with Gasteiger partial charge in [0.2, 0.25) is 0 Å². The van der Waals surface area contributed by atoms with E-state index in [9.17, 15) is 19.0 Å². The summed E-state index contributed by atoms with van der Waals surface area (Å²) in [6.45, 7) is 35.9. The Morgan fingerprint density at radius 1 is 0.672 bits per heavy atom. The molecule has 13 nitrogen and oxygen atoms in total. The van der Waals surface area contributed by atoms with Crippen LogP contribution >= 0.6 is 15.2 Å². The van der Waals surface area contributed by atoms with Crippen molar-refractivity contribution in [2.75, 3.05) is 13.2 Å². The fourth-order valence-corrected chi connectivity index (χ4v) is 13.0. The summed E-state index contributed by atoms with van der Waals surface area (Å²) in [5.41, 5.74) is 0.464. The standard InChI is InChI=1S/C24H41O7PSi.C17H37O6PSi/c1-17(2)29-32(26,30-18(3)4)22-15-20(31-33(8,9)24(5,6)7)21(28-22)16-27-23(25)19-13-11-10-12-14-19;1-12(2)21-24(19,22-13(3)4)16-10-14(15(11-18)20-16)23-25(8,9)17(5,6)7/h10-14,17-18,20-22H,15-16H2,1-9H3;12-16,18H,10-11H2,1-9H3/t20-,21+,22-;14-,15+,16-/m00/s1. The van der Waals surface area contributed by atoms with Crippen LogP contribution in [0.25, 0.3) is 0 Å². The molecule has 1 aromatic rings. The van der Waals surface area contributed by atoms with Gasteiger partial charge in [-0.1, -0.05) is 59.7 Å². The first-order valence-corrected chi connectivity index (χ1v) is 29.8. The predicted molar refractivity (Wildman–Crippen MR) is 235 cm³/mol. The summed E-state index contributed by atoms with van der Waals surface area (Å²) in [4.78, 5) is 12.5. The van der Waals surface area contributed by atoms with Crippen molar-refractivity contribution in [3.8, 4) is 0 Å². The molecule has 0 saturated carbocycles. The quantitative estimate of drug-likeness (QED) is 0.0845. The van der Waals surface area contributed by atoms with E-state index in [0.717, 1.165) is 0 Å². The maximum absolute atomic E-state index is 13.7. The Kier molecular flexibility index (Phi) is 19.8. The molecule has 0 radical (unpaired) electrons. The van der Waals surface area contributed by atoms with Crippen LogP contribution in [0.2, 0.25) is 36.3 Å². The minimum absolute atomic E-state index is 0.00707. The van der Waals surface area contributed by atoms with Gasteiger partial charge in [0.1, 0.15) is 18.8 Å². The number of rotatable bonds is 18. The fourth-order valence-electron chi connectivity index (χ4n) is 5.78. The highest BCUT2D eigenvalue weighted by atomic mass is 31.2. The molecule has 58 heavy (non-hydrogen) atoms. The Labute approximate surface area is 352 Å². The molecular formula is C41H78O13P2Si2. The summed E-state index contributed by atoms with van der Waals surface area (Å²) in [6, 6.07) is 8.80. The van der Waals surface area contributed by atoms with Crippen LogP contribution in [0.3, 0.4) is 0 Å². The van der Waals surface area contributed by atoms with Gasteiger partial charge in [0.05, 0.1) is 48.8 Å². The maximum Gasteiger partial charge on any atom is 0.359 e. The summed E-state index contributed by atoms with van der Waals surface area (Å²) in [5.74, 6) is -1.95. The number of carbonyl (C=O) groups is 1. The van der Waals surface area contributed by atoms with E-state index in [1.807, 2.05) is 61.5 Å². The zero-order valence-electron chi connectivity index (χ0n) is 38.7. The van der Waals surface area contributed by atoms with Gasteiger partial charge in [-0.15, -0.1) is 0 Å². The van der Waals surface area contributed by atoms with E-state index in [1.54, 1.807) is 24.3 Å². The molecule has 2 saturated heterocycles. The van der Waals surface area contributed by atoms with E-state index in [0.29, 0.717) is 18.4 Å². The summed E-state index contributed by atoms with van der Waals surface area (Å²) in [5, 5.41) is 9.74. The first-order chi connectivity index (χ1) is 26.4. The minimum Gasteiger partial charge on any atom is -0.459 e. The first-order valence-electron chi connectivity index (χ1n) is 20.8. The van der Waals surface area contributed by atoms with Crippen LogP contribution in [0, 0.1) is 0 Å². The van der Waals surface area contributed by atoms with E-state index in [2.05, 4.69) is 67.7 Å². The van der Waals surface area contributed by atoms with Crippen LogP contribution in [-0.2, 0) is 50.3 Å². The second-order valence-electron chi connectivity index (χ2n) is 19.4. The van der Waals surface area contributed by atoms with Crippen LogP contribution in [0.5, 0.6) is 0 Å². The zero-order chi connectivity index (χ0) is 44.7. The van der Waals surface area contributed by atoms with Crippen LogP contribution in [0.1, 0.15) is 120 Å². The van der Waals surface area contributed by atoms with E-state index in [4.69, 9.17) is 41.2 Å². The molecule has 0 spiro atoms. The first kappa shape index (κ1) is 53.4. The lowest BCUT2D eigenvalue weighted by Crippen LogP contribution is -2.46.